The molecule has 1 saturated heterocycles. The minimum atomic E-state index is -0.0280. The summed E-state index contributed by atoms with van der Waals surface area (Å²) in [5.41, 5.74) is 1.92. The highest BCUT2D eigenvalue weighted by molar-refractivity contribution is 5.89. The summed E-state index contributed by atoms with van der Waals surface area (Å²) in [6.45, 7) is 4.22. The van der Waals surface area contributed by atoms with Crippen molar-refractivity contribution in [3.05, 3.63) is 41.5 Å². The monoisotopic (exact) mass is 383 g/mol. The molecule has 1 saturated carbocycles. The van der Waals surface area contributed by atoms with Crippen LogP contribution < -0.4 is 5.32 Å². The lowest BCUT2D eigenvalue weighted by Crippen LogP contribution is -2.44. The van der Waals surface area contributed by atoms with Crippen molar-refractivity contribution in [2.24, 2.45) is 5.92 Å². The maximum absolute atomic E-state index is 12.9. The second-order valence-electron chi connectivity index (χ2n) is 7.98. The van der Waals surface area contributed by atoms with Gasteiger partial charge >= 0.3 is 6.03 Å². The molecule has 2 heterocycles. The summed E-state index contributed by atoms with van der Waals surface area (Å²) in [7, 11) is 0. The Hall–Kier alpha value is -2.41. The van der Waals surface area contributed by atoms with Crippen molar-refractivity contribution >= 4 is 11.7 Å². The fourth-order valence-electron chi connectivity index (χ4n) is 3.82. The molecule has 2 fully saturated rings. The Kier molecular flexibility index (Phi) is 5.90. The third kappa shape index (κ3) is 4.90. The molecule has 1 aromatic carbocycles. The van der Waals surface area contributed by atoms with Crippen molar-refractivity contribution in [1.82, 2.24) is 20.1 Å². The zero-order valence-electron chi connectivity index (χ0n) is 16.5. The highest BCUT2D eigenvalue weighted by Crippen LogP contribution is 2.28. The van der Waals surface area contributed by atoms with Gasteiger partial charge in [0.05, 0.1) is 6.10 Å². The molecule has 0 radical (unpaired) electrons. The number of ether oxygens (including phenoxy) is 1. The SMILES string of the molecule is Cc1nc(Cc2ccc(NC(=O)N(CC3CCC3)C[C@@H]3CCCO3)cc2)n[nH]1. The molecule has 7 heteroatoms. The van der Waals surface area contributed by atoms with Gasteiger partial charge in [0.25, 0.3) is 0 Å². The van der Waals surface area contributed by atoms with Crippen LogP contribution in [-0.2, 0) is 11.2 Å². The van der Waals surface area contributed by atoms with Crippen LogP contribution >= 0.6 is 0 Å². The number of carbonyl (C=O) groups excluding carboxylic acids is 1. The van der Waals surface area contributed by atoms with Crippen molar-refractivity contribution in [3.8, 4) is 0 Å². The van der Waals surface area contributed by atoms with Crippen LogP contribution in [0.1, 0.15) is 49.3 Å². The van der Waals surface area contributed by atoms with E-state index in [1.165, 1.54) is 19.3 Å². The van der Waals surface area contributed by atoms with Crippen molar-refractivity contribution in [2.75, 3.05) is 25.0 Å². The number of amides is 2. The van der Waals surface area contributed by atoms with Crippen LogP contribution in [-0.4, -0.2) is 51.9 Å². The first kappa shape index (κ1) is 18.9. The molecule has 1 aliphatic carbocycles. The topological polar surface area (TPSA) is 83.1 Å². The standard InChI is InChI=1S/C21H29N5O2/c1-15-22-20(25-24-15)12-16-7-9-18(10-8-16)23-21(27)26(13-17-4-2-5-17)14-19-6-3-11-28-19/h7-10,17,19H,2-6,11-14H2,1H3,(H,23,27)(H,22,24,25)/t19-/m0/s1. The van der Waals surface area contributed by atoms with E-state index in [-0.39, 0.29) is 12.1 Å². The normalized spacial score (nSPS) is 19.4. The number of aromatic amines is 1. The van der Waals surface area contributed by atoms with Crippen molar-refractivity contribution < 1.29 is 9.53 Å². The number of nitrogens with one attached hydrogen (secondary N) is 2. The van der Waals surface area contributed by atoms with Gasteiger partial charge in [-0.1, -0.05) is 18.6 Å². The largest absolute Gasteiger partial charge is 0.376 e. The fourth-order valence-corrected chi connectivity index (χ4v) is 3.82. The van der Waals surface area contributed by atoms with E-state index in [1.807, 2.05) is 36.1 Å². The highest BCUT2D eigenvalue weighted by Gasteiger charge is 2.27. The number of aryl methyl sites for hydroxylation is 1. The van der Waals surface area contributed by atoms with Gasteiger partial charge in [0, 0.05) is 31.8 Å². The molecule has 0 bridgehead atoms. The van der Waals surface area contributed by atoms with Gasteiger partial charge < -0.3 is 15.0 Å². The number of hydrogen-bond acceptors (Lipinski definition) is 4. The van der Waals surface area contributed by atoms with E-state index in [0.29, 0.717) is 18.9 Å². The molecule has 2 aliphatic rings. The number of benzene rings is 1. The summed E-state index contributed by atoms with van der Waals surface area (Å²) in [5, 5.41) is 10.1. The van der Waals surface area contributed by atoms with E-state index in [9.17, 15) is 4.79 Å². The molecular formula is C21H29N5O2. The summed E-state index contributed by atoms with van der Waals surface area (Å²) in [6, 6.07) is 7.88. The minimum absolute atomic E-state index is 0.0280. The first-order valence-corrected chi connectivity index (χ1v) is 10.3. The van der Waals surface area contributed by atoms with Crippen molar-refractivity contribution in [2.45, 2.75) is 51.6 Å². The van der Waals surface area contributed by atoms with E-state index in [0.717, 1.165) is 48.9 Å². The Balaban J connectivity index is 1.35. The maximum atomic E-state index is 12.9. The van der Waals surface area contributed by atoms with Crippen LogP contribution in [0.15, 0.2) is 24.3 Å². The Morgan fingerprint density at radius 3 is 2.64 bits per heavy atom. The molecule has 4 rings (SSSR count). The smallest absolute Gasteiger partial charge is 0.321 e. The van der Waals surface area contributed by atoms with Gasteiger partial charge in [-0.3, -0.25) is 5.10 Å². The molecule has 28 heavy (non-hydrogen) atoms. The zero-order valence-corrected chi connectivity index (χ0v) is 16.5. The van der Waals surface area contributed by atoms with Gasteiger partial charge in [-0.2, -0.15) is 5.10 Å². The molecule has 7 nitrogen and oxygen atoms in total. The highest BCUT2D eigenvalue weighted by atomic mass is 16.5. The molecule has 0 unspecified atom stereocenters. The van der Waals surface area contributed by atoms with Gasteiger partial charge in [0.15, 0.2) is 5.82 Å². The Morgan fingerprint density at radius 2 is 2.04 bits per heavy atom. The molecule has 0 spiro atoms. The van der Waals surface area contributed by atoms with Crippen LogP contribution in [0, 0.1) is 12.8 Å². The number of nitrogens with zero attached hydrogens (tertiary/aromatic N) is 3. The van der Waals surface area contributed by atoms with Crippen LogP contribution in [0.3, 0.4) is 0 Å². The van der Waals surface area contributed by atoms with Gasteiger partial charge in [0.2, 0.25) is 0 Å². The predicted octanol–water partition coefficient (Wildman–Crippen LogP) is 3.52. The van der Waals surface area contributed by atoms with E-state index >= 15 is 0 Å². The average Bonchev–Trinajstić information content (AvgIpc) is 3.30. The zero-order chi connectivity index (χ0) is 19.3. The summed E-state index contributed by atoms with van der Waals surface area (Å²) in [4.78, 5) is 19.2. The molecule has 150 valence electrons. The van der Waals surface area contributed by atoms with Crippen LogP contribution in [0.5, 0.6) is 0 Å². The van der Waals surface area contributed by atoms with Gasteiger partial charge in [0.1, 0.15) is 5.82 Å². The second-order valence-corrected chi connectivity index (χ2v) is 7.98. The Morgan fingerprint density at radius 1 is 1.21 bits per heavy atom. The third-order valence-electron chi connectivity index (χ3n) is 5.65. The number of rotatable bonds is 7. The first-order chi connectivity index (χ1) is 13.7. The number of hydrogen-bond donors (Lipinski definition) is 2. The second kappa shape index (κ2) is 8.73. The van der Waals surface area contributed by atoms with Crippen LogP contribution in [0.2, 0.25) is 0 Å². The molecule has 2 N–H and O–H groups in total. The molecule has 1 aromatic heterocycles. The van der Waals surface area contributed by atoms with Gasteiger partial charge in [-0.05, 0) is 56.2 Å². The van der Waals surface area contributed by atoms with E-state index in [4.69, 9.17) is 4.74 Å². The van der Waals surface area contributed by atoms with Crippen LogP contribution in [0.4, 0.5) is 10.5 Å². The quantitative estimate of drug-likeness (QED) is 0.766. The average molecular weight is 383 g/mol. The summed E-state index contributed by atoms with van der Waals surface area (Å²) >= 11 is 0. The fraction of sp³-hybridized carbons (Fsp3) is 0.571. The number of carbonyl (C=O) groups is 1. The van der Waals surface area contributed by atoms with E-state index in [2.05, 4.69) is 20.5 Å². The lowest BCUT2D eigenvalue weighted by Gasteiger charge is -2.33. The maximum Gasteiger partial charge on any atom is 0.321 e. The molecule has 1 atom stereocenters. The first-order valence-electron chi connectivity index (χ1n) is 10.3. The Labute approximate surface area is 165 Å². The predicted molar refractivity (Wildman–Crippen MR) is 107 cm³/mol. The summed E-state index contributed by atoms with van der Waals surface area (Å²) < 4.78 is 5.76. The summed E-state index contributed by atoms with van der Waals surface area (Å²) in [6.07, 6.45) is 6.73. The number of H-pyrrole nitrogens is 1. The number of anilines is 1. The lowest BCUT2D eigenvalue weighted by molar-refractivity contribution is 0.0748. The molecule has 1 aliphatic heterocycles. The van der Waals surface area contributed by atoms with Gasteiger partial charge in [-0.15, -0.1) is 0 Å². The molecule has 2 aromatic rings. The lowest BCUT2D eigenvalue weighted by atomic mass is 9.85. The van der Waals surface area contributed by atoms with Crippen LogP contribution in [0.25, 0.3) is 0 Å². The third-order valence-corrected chi connectivity index (χ3v) is 5.65. The van der Waals surface area contributed by atoms with E-state index in [1.54, 1.807) is 0 Å². The summed E-state index contributed by atoms with van der Waals surface area (Å²) in [5.74, 6) is 2.23. The van der Waals surface area contributed by atoms with Crippen molar-refractivity contribution in [1.29, 1.82) is 0 Å². The molecular weight excluding hydrogens is 354 g/mol. The number of aromatic nitrogens is 3. The van der Waals surface area contributed by atoms with Crippen molar-refractivity contribution in [3.63, 3.8) is 0 Å². The molecule has 2 amide bonds. The van der Waals surface area contributed by atoms with E-state index < -0.39 is 0 Å². The Bertz CT molecular complexity index is 778. The van der Waals surface area contributed by atoms with Gasteiger partial charge in [-0.25, -0.2) is 9.78 Å². The number of urea groups is 1. The minimum Gasteiger partial charge on any atom is -0.376 e.